The van der Waals surface area contributed by atoms with Gasteiger partial charge in [0.2, 0.25) is 0 Å². The molecule has 1 aliphatic heterocycles. The number of Topliss-reactive ketones (excluding diaryl/α,β-unsaturated/α-hetero) is 1. The van der Waals surface area contributed by atoms with Crippen LogP contribution in [0.5, 0.6) is 5.75 Å². The molecular weight excluding hydrogens is 399 g/mol. The van der Waals surface area contributed by atoms with E-state index in [4.69, 9.17) is 27.9 Å². The topological polar surface area (TPSA) is 71.2 Å². The third-order valence-corrected chi connectivity index (χ3v) is 5.33. The Hall–Kier alpha value is -2.08. The monoisotopic (exact) mass is 420 g/mol. The molecule has 2 atom stereocenters. The maximum Gasteiger partial charge on any atom is 0.267 e. The summed E-state index contributed by atoms with van der Waals surface area (Å²) in [6, 6.07) is 8.71. The number of aromatic amines is 1. The van der Waals surface area contributed by atoms with Crippen molar-refractivity contribution in [3.05, 3.63) is 68.1 Å². The summed E-state index contributed by atoms with van der Waals surface area (Å²) in [5.41, 5.74) is 1.91. The van der Waals surface area contributed by atoms with E-state index in [0.717, 1.165) is 24.0 Å². The third-order valence-electron chi connectivity index (χ3n) is 4.73. The molecule has 1 unspecified atom stereocenters. The molecule has 0 spiro atoms. The minimum atomic E-state index is -0.358. The van der Waals surface area contributed by atoms with Crippen LogP contribution in [0.1, 0.15) is 37.9 Å². The number of rotatable bonds is 6. The Morgan fingerprint density at radius 1 is 1.21 bits per heavy atom. The molecule has 28 heavy (non-hydrogen) atoms. The quantitative estimate of drug-likeness (QED) is 0.733. The Balaban J connectivity index is 2.03. The van der Waals surface area contributed by atoms with E-state index < -0.39 is 0 Å². The SMILES string of the molecule is CCOc1ccc(/C(=C\[C@H]2CCC(C(C)=O)N2)c2ccc(Cl)c(=O)[nH]2)cc1Cl. The maximum absolute atomic E-state index is 12.0. The number of hydrogen-bond acceptors (Lipinski definition) is 4. The van der Waals surface area contributed by atoms with Crippen LogP contribution in [0.2, 0.25) is 10.0 Å². The molecule has 0 aliphatic carbocycles. The number of hydrogen-bond donors (Lipinski definition) is 2. The van der Waals surface area contributed by atoms with E-state index >= 15 is 0 Å². The number of ether oxygens (including phenoxy) is 1. The standard InChI is InChI=1S/C21H22Cl2N2O3/c1-3-28-20-9-4-13(10-17(20)23)15(19-8-6-16(22)21(27)25-19)11-14-5-7-18(24-14)12(2)26/h4,6,8-11,14,18,24H,3,5,7H2,1-2H3,(H,25,27)/b15-11+/t14-,18?/m1/s1. The first kappa shape index (κ1) is 20.6. The van der Waals surface area contributed by atoms with Gasteiger partial charge in [0, 0.05) is 17.3 Å². The number of ketones is 1. The van der Waals surface area contributed by atoms with Gasteiger partial charge in [-0.1, -0.05) is 35.3 Å². The molecule has 5 nitrogen and oxygen atoms in total. The van der Waals surface area contributed by atoms with E-state index in [2.05, 4.69) is 10.3 Å². The van der Waals surface area contributed by atoms with Crippen molar-refractivity contribution in [3.63, 3.8) is 0 Å². The van der Waals surface area contributed by atoms with Gasteiger partial charge < -0.3 is 15.0 Å². The average Bonchev–Trinajstić information content (AvgIpc) is 3.13. The molecule has 1 aromatic carbocycles. The van der Waals surface area contributed by atoms with Crippen LogP contribution in [-0.4, -0.2) is 29.5 Å². The normalized spacial score (nSPS) is 19.6. The maximum atomic E-state index is 12.0. The first-order chi connectivity index (χ1) is 13.4. The van der Waals surface area contributed by atoms with Gasteiger partial charge in [0.15, 0.2) is 0 Å². The first-order valence-electron chi connectivity index (χ1n) is 9.19. The summed E-state index contributed by atoms with van der Waals surface area (Å²) in [4.78, 5) is 26.5. The van der Waals surface area contributed by atoms with Crippen molar-refractivity contribution in [2.75, 3.05) is 6.61 Å². The zero-order valence-corrected chi connectivity index (χ0v) is 17.2. The van der Waals surface area contributed by atoms with E-state index in [9.17, 15) is 9.59 Å². The Kier molecular flexibility index (Phi) is 6.60. The van der Waals surface area contributed by atoms with Gasteiger partial charge in [-0.15, -0.1) is 0 Å². The highest BCUT2D eigenvalue weighted by atomic mass is 35.5. The highest BCUT2D eigenvalue weighted by Gasteiger charge is 2.26. The van der Waals surface area contributed by atoms with Crippen molar-refractivity contribution in [2.24, 2.45) is 0 Å². The van der Waals surface area contributed by atoms with Crippen molar-refractivity contribution in [1.29, 1.82) is 0 Å². The highest BCUT2D eigenvalue weighted by Crippen LogP contribution is 2.32. The summed E-state index contributed by atoms with van der Waals surface area (Å²) in [5, 5.41) is 3.95. The molecule has 0 bridgehead atoms. The van der Waals surface area contributed by atoms with E-state index in [1.165, 1.54) is 0 Å². The molecule has 148 valence electrons. The molecule has 2 aromatic rings. The average molecular weight is 421 g/mol. The predicted molar refractivity (Wildman–Crippen MR) is 112 cm³/mol. The molecule has 7 heteroatoms. The van der Waals surface area contributed by atoms with Crippen molar-refractivity contribution in [2.45, 2.75) is 38.8 Å². The van der Waals surface area contributed by atoms with Crippen molar-refractivity contribution < 1.29 is 9.53 Å². The van der Waals surface area contributed by atoms with E-state index in [-0.39, 0.29) is 28.4 Å². The summed E-state index contributed by atoms with van der Waals surface area (Å²) in [5.74, 6) is 0.731. The zero-order chi connectivity index (χ0) is 20.3. The fraction of sp³-hybridized carbons (Fsp3) is 0.333. The molecule has 1 fully saturated rings. The zero-order valence-electron chi connectivity index (χ0n) is 15.7. The van der Waals surface area contributed by atoms with Crippen molar-refractivity contribution in [1.82, 2.24) is 10.3 Å². The minimum absolute atomic E-state index is 0.00780. The number of halogens is 2. The molecule has 0 saturated carbocycles. The second kappa shape index (κ2) is 8.95. The number of benzene rings is 1. The number of carbonyl (C=O) groups is 1. The summed E-state index contributed by atoms with van der Waals surface area (Å²) >= 11 is 12.3. The molecular formula is C21H22Cl2N2O3. The second-order valence-corrected chi connectivity index (χ2v) is 7.54. The smallest absolute Gasteiger partial charge is 0.267 e. The summed E-state index contributed by atoms with van der Waals surface area (Å²) in [7, 11) is 0. The van der Waals surface area contributed by atoms with Crippen LogP contribution in [0, 0.1) is 0 Å². The number of aromatic nitrogens is 1. The molecule has 1 aliphatic rings. The van der Waals surface area contributed by atoms with Gasteiger partial charge in [0.25, 0.3) is 5.56 Å². The number of H-pyrrole nitrogens is 1. The van der Waals surface area contributed by atoms with E-state index in [1.54, 1.807) is 19.1 Å². The van der Waals surface area contributed by atoms with Crippen LogP contribution in [0.25, 0.3) is 5.57 Å². The highest BCUT2D eigenvalue weighted by molar-refractivity contribution is 6.32. The lowest BCUT2D eigenvalue weighted by Gasteiger charge is -2.15. The van der Waals surface area contributed by atoms with Crippen molar-refractivity contribution >= 4 is 34.6 Å². The third kappa shape index (κ3) is 4.66. The number of pyridine rings is 1. The lowest BCUT2D eigenvalue weighted by molar-refractivity contribution is -0.118. The molecule has 2 N–H and O–H groups in total. The summed E-state index contributed by atoms with van der Waals surface area (Å²) < 4.78 is 5.51. The van der Waals surface area contributed by atoms with Gasteiger partial charge in [-0.25, -0.2) is 0 Å². The van der Waals surface area contributed by atoms with Crippen LogP contribution >= 0.6 is 23.2 Å². The van der Waals surface area contributed by atoms with Gasteiger partial charge in [0.1, 0.15) is 16.6 Å². The predicted octanol–water partition coefficient (Wildman–Crippen LogP) is 4.22. The molecule has 3 rings (SSSR count). The van der Waals surface area contributed by atoms with Gasteiger partial charge >= 0.3 is 0 Å². The van der Waals surface area contributed by atoms with Gasteiger partial charge in [-0.3, -0.25) is 9.59 Å². The Morgan fingerprint density at radius 3 is 2.61 bits per heavy atom. The van der Waals surface area contributed by atoms with Gasteiger partial charge in [-0.05, 0) is 56.5 Å². The van der Waals surface area contributed by atoms with Crippen LogP contribution in [-0.2, 0) is 4.79 Å². The van der Waals surface area contributed by atoms with Crippen LogP contribution in [0.4, 0.5) is 0 Å². The molecule has 0 amide bonds. The lowest BCUT2D eigenvalue weighted by Crippen LogP contribution is -2.33. The molecule has 1 aromatic heterocycles. The lowest BCUT2D eigenvalue weighted by atomic mass is 9.99. The Morgan fingerprint density at radius 2 is 2.00 bits per heavy atom. The van der Waals surface area contributed by atoms with E-state index in [1.807, 2.05) is 31.2 Å². The summed E-state index contributed by atoms with van der Waals surface area (Å²) in [6.45, 7) is 4.00. The van der Waals surface area contributed by atoms with E-state index in [0.29, 0.717) is 23.1 Å². The molecule has 1 saturated heterocycles. The van der Waals surface area contributed by atoms with Crippen LogP contribution in [0.15, 0.2) is 41.2 Å². The number of nitrogens with one attached hydrogen (secondary N) is 2. The Labute approximate surface area is 173 Å². The summed E-state index contributed by atoms with van der Waals surface area (Å²) in [6.07, 6.45) is 3.63. The largest absolute Gasteiger partial charge is 0.492 e. The fourth-order valence-corrected chi connectivity index (χ4v) is 3.67. The van der Waals surface area contributed by atoms with Crippen molar-refractivity contribution in [3.8, 4) is 5.75 Å². The van der Waals surface area contributed by atoms with Gasteiger partial charge in [-0.2, -0.15) is 0 Å². The van der Waals surface area contributed by atoms with Crippen LogP contribution < -0.4 is 15.6 Å². The second-order valence-electron chi connectivity index (χ2n) is 6.72. The molecule has 2 heterocycles. The fourth-order valence-electron chi connectivity index (χ4n) is 3.32. The number of carbonyl (C=O) groups excluding carboxylic acids is 1. The first-order valence-corrected chi connectivity index (χ1v) is 9.95. The minimum Gasteiger partial charge on any atom is -0.492 e. The Bertz CT molecular complexity index is 968. The van der Waals surface area contributed by atoms with Gasteiger partial charge in [0.05, 0.1) is 17.7 Å². The van der Waals surface area contributed by atoms with Crippen LogP contribution in [0.3, 0.4) is 0 Å². The molecule has 0 radical (unpaired) electrons.